The summed E-state index contributed by atoms with van der Waals surface area (Å²) >= 11 is 0. The predicted octanol–water partition coefficient (Wildman–Crippen LogP) is 1.76. The fraction of sp³-hybridized carbons (Fsp3) is 0.640. The number of carbonyl (C=O) groups excluding carboxylic acids is 1. The van der Waals surface area contributed by atoms with Gasteiger partial charge in [0.2, 0.25) is 0 Å². The number of hydrogen-bond donors (Lipinski definition) is 1. The molecule has 0 atom stereocenters. The minimum absolute atomic E-state index is 0.178. The topological polar surface area (TPSA) is 189 Å². The van der Waals surface area contributed by atoms with Crippen molar-refractivity contribution >= 4 is 23.0 Å². The Morgan fingerprint density at radius 1 is 0.683 bits per heavy atom. The normalized spacial score (nSPS) is 10.8. The van der Waals surface area contributed by atoms with Gasteiger partial charge in [-0.05, 0) is 6.07 Å². The molecule has 232 valence electrons. The quantitative estimate of drug-likeness (QED) is 0.0489. The molecule has 1 N–H and O–H groups in total. The Kier molecular flexibility index (Phi) is 21.4. The first-order valence-electron chi connectivity index (χ1n) is 13.0. The Bertz CT molecular complexity index is 888. The van der Waals surface area contributed by atoms with Crippen LogP contribution in [-0.4, -0.2) is 121 Å². The first kappa shape index (κ1) is 35.8. The molecule has 0 aliphatic carbocycles. The highest BCUT2D eigenvalue weighted by atomic mass is 16.6. The van der Waals surface area contributed by atoms with Crippen LogP contribution in [0.4, 0.5) is 17.1 Å². The van der Waals surface area contributed by atoms with Crippen LogP contribution in [0.5, 0.6) is 0 Å². The van der Waals surface area contributed by atoms with Crippen molar-refractivity contribution in [2.45, 2.75) is 0 Å². The Morgan fingerprint density at radius 3 is 1.49 bits per heavy atom. The molecule has 0 unspecified atom stereocenters. The molecule has 41 heavy (non-hydrogen) atoms. The molecule has 0 spiro atoms. The van der Waals surface area contributed by atoms with Crippen LogP contribution in [0.1, 0.15) is 0 Å². The number of nitro benzene ring substituents is 2. The van der Waals surface area contributed by atoms with Gasteiger partial charge in [-0.25, -0.2) is 4.79 Å². The predicted molar refractivity (Wildman–Crippen MR) is 145 cm³/mol. The Hall–Kier alpha value is -3.25. The number of esters is 1. The Morgan fingerprint density at radius 2 is 1.10 bits per heavy atom. The van der Waals surface area contributed by atoms with E-state index in [1.807, 2.05) is 0 Å². The third kappa shape index (κ3) is 19.5. The summed E-state index contributed by atoms with van der Waals surface area (Å²) in [6, 6.07) is 3.41. The van der Waals surface area contributed by atoms with Crippen LogP contribution in [0.15, 0.2) is 30.9 Å². The van der Waals surface area contributed by atoms with Gasteiger partial charge in [0.15, 0.2) is 0 Å². The molecule has 16 heteroatoms. The van der Waals surface area contributed by atoms with Crippen LogP contribution in [0.3, 0.4) is 0 Å². The zero-order chi connectivity index (χ0) is 30.0. The van der Waals surface area contributed by atoms with Crippen molar-refractivity contribution < 1.29 is 52.5 Å². The second kappa shape index (κ2) is 24.5. The van der Waals surface area contributed by atoms with E-state index in [-0.39, 0.29) is 36.8 Å². The van der Waals surface area contributed by atoms with E-state index >= 15 is 0 Å². The Balaban J connectivity index is 1.80. The molecule has 0 fully saturated rings. The zero-order valence-electron chi connectivity index (χ0n) is 23.0. The average molecular weight is 590 g/mol. The largest absolute Gasteiger partial charge is 0.460 e. The molecule has 0 saturated heterocycles. The van der Waals surface area contributed by atoms with Crippen molar-refractivity contribution in [3.63, 3.8) is 0 Å². The molecule has 0 heterocycles. The standard InChI is InChI=1S/C25H39N3O13/c1-2-25(29)41-20-19-40-18-17-39-16-15-38-14-13-37-12-11-36-10-9-35-8-7-34-6-5-26-23-4-3-22(27(30)31)21-24(23)28(32)33/h2-4,21,26H,1,5-20H2. The first-order valence-corrected chi connectivity index (χ1v) is 13.0. The molecule has 0 aliphatic rings. The number of rotatable bonds is 28. The van der Waals surface area contributed by atoms with Gasteiger partial charge < -0.3 is 43.2 Å². The van der Waals surface area contributed by atoms with Crippen molar-refractivity contribution in [1.82, 2.24) is 0 Å². The van der Waals surface area contributed by atoms with Gasteiger partial charge in [0.1, 0.15) is 12.3 Å². The number of nitro groups is 2. The van der Waals surface area contributed by atoms with E-state index in [2.05, 4.69) is 11.9 Å². The second-order valence-electron chi connectivity index (χ2n) is 7.80. The number of nitrogens with one attached hydrogen (secondary N) is 1. The maximum Gasteiger partial charge on any atom is 0.330 e. The second-order valence-corrected chi connectivity index (χ2v) is 7.80. The molecular formula is C25H39N3O13. The number of benzene rings is 1. The van der Waals surface area contributed by atoms with Crippen molar-refractivity contribution in [1.29, 1.82) is 0 Å². The molecule has 0 aromatic heterocycles. The summed E-state index contributed by atoms with van der Waals surface area (Å²) in [5.74, 6) is -0.476. The highest BCUT2D eigenvalue weighted by Gasteiger charge is 2.19. The van der Waals surface area contributed by atoms with Crippen molar-refractivity contribution in [3.8, 4) is 0 Å². The van der Waals surface area contributed by atoms with Gasteiger partial charge in [0, 0.05) is 18.7 Å². The third-order valence-electron chi connectivity index (χ3n) is 4.82. The lowest BCUT2D eigenvalue weighted by Crippen LogP contribution is -2.15. The van der Waals surface area contributed by atoms with Gasteiger partial charge in [-0.15, -0.1) is 0 Å². The van der Waals surface area contributed by atoms with Crippen LogP contribution in [0.25, 0.3) is 0 Å². The zero-order valence-corrected chi connectivity index (χ0v) is 23.0. The number of carbonyl (C=O) groups is 1. The van der Waals surface area contributed by atoms with Gasteiger partial charge in [-0.2, -0.15) is 0 Å². The fourth-order valence-corrected chi connectivity index (χ4v) is 2.87. The van der Waals surface area contributed by atoms with Crippen LogP contribution in [0, 0.1) is 20.2 Å². The van der Waals surface area contributed by atoms with E-state index in [1.54, 1.807) is 0 Å². The number of ether oxygens (including phenoxy) is 8. The number of hydrogen-bond acceptors (Lipinski definition) is 14. The average Bonchev–Trinajstić information content (AvgIpc) is 2.96. The number of anilines is 1. The molecule has 1 aromatic rings. The maximum atomic E-state index is 11.1. The van der Waals surface area contributed by atoms with Gasteiger partial charge in [-0.3, -0.25) is 20.2 Å². The fourth-order valence-electron chi connectivity index (χ4n) is 2.87. The van der Waals surface area contributed by atoms with Crippen molar-refractivity contribution in [2.75, 3.05) is 111 Å². The van der Waals surface area contributed by atoms with Gasteiger partial charge >= 0.3 is 5.97 Å². The van der Waals surface area contributed by atoms with Crippen LogP contribution < -0.4 is 5.32 Å². The van der Waals surface area contributed by atoms with Gasteiger partial charge in [0.25, 0.3) is 11.4 Å². The van der Waals surface area contributed by atoms with Gasteiger partial charge in [-0.1, -0.05) is 6.58 Å². The molecule has 0 bridgehead atoms. The first-order chi connectivity index (χ1) is 20.0. The SMILES string of the molecule is C=CC(=O)OCCOCCOCCOCCOCCOCCOCCOCCNc1ccc([N+](=O)[O-])cc1[N+](=O)[O-]. The summed E-state index contributed by atoms with van der Waals surface area (Å²) in [4.78, 5) is 31.3. The molecule has 1 rings (SSSR count). The molecule has 16 nitrogen and oxygen atoms in total. The summed E-state index contributed by atoms with van der Waals surface area (Å²) in [7, 11) is 0. The molecule has 0 radical (unpaired) electrons. The molecule has 0 aliphatic heterocycles. The van der Waals surface area contributed by atoms with E-state index in [1.165, 1.54) is 12.1 Å². The Labute approximate surface area is 238 Å². The van der Waals surface area contributed by atoms with Crippen molar-refractivity contribution in [3.05, 3.63) is 51.1 Å². The van der Waals surface area contributed by atoms with Crippen LogP contribution >= 0.6 is 0 Å². The van der Waals surface area contributed by atoms with Crippen molar-refractivity contribution in [2.24, 2.45) is 0 Å². The van der Waals surface area contributed by atoms with E-state index < -0.39 is 15.8 Å². The van der Waals surface area contributed by atoms with Crippen LogP contribution in [-0.2, 0) is 42.7 Å². The summed E-state index contributed by atoms with van der Waals surface area (Å²) in [6.45, 7) is 9.27. The van der Waals surface area contributed by atoms with Crippen LogP contribution in [0.2, 0.25) is 0 Å². The minimum atomic E-state index is -0.686. The summed E-state index contributed by atoms with van der Waals surface area (Å²) in [5, 5.41) is 24.7. The smallest absolute Gasteiger partial charge is 0.330 e. The monoisotopic (exact) mass is 589 g/mol. The molecular weight excluding hydrogens is 550 g/mol. The molecule has 0 amide bonds. The number of non-ortho nitro benzene ring substituents is 1. The van der Waals surface area contributed by atoms with E-state index in [4.69, 9.17) is 37.9 Å². The minimum Gasteiger partial charge on any atom is -0.460 e. The highest BCUT2D eigenvalue weighted by Crippen LogP contribution is 2.28. The molecule has 0 saturated carbocycles. The maximum absolute atomic E-state index is 11.1. The lowest BCUT2D eigenvalue weighted by Gasteiger charge is -2.09. The molecule has 1 aromatic carbocycles. The summed E-state index contributed by atoms with van der Waals surface area (Å²) < 4.78 is 42.3. The number of nitrogens with zero attached hydrogens (tertiary/aromatic N) is 2. The summed E-state index contributed by atoms with van der Waals surface area (Å²) in [6.07, 6.45) is 1.10. The lowest BCUT2D eigenvalue weighted by molar-refractivity contribution is -0.393. The third-order valence-corrected chi connectivity index (χ3v) is 4.82. The van der Waals surface area contributed by atoms with E-state index in [9.17, 15) is 25.0 Å². The van der Waals surface area contributed by atoms with Gasteiger partial charge in [0.05, 0.1) is 108 Å². The van der Waals surface area contributed by atoms with E-state index in [0.717, 1.165) is 12.1 Å². The lowest BCUT2D eigenvalue weighted by atomic mass is 10.2. The summed E-state index contributed by atoms with van der Waals surface area (Å²) in [5.41, 5.74) is -0.536. The highest BCUT2D eigenvalue weighted by molar-refractivity contribution is 5.81. The van der Waals surface area contributed by atoms with E-state index in [0.29, 0.717) is 85.9 Å².